The van der Waals surface area contributed by atoms with Crippen molar-refractivity contribution in [2.45, 2.75) is 39.7 Å². The normalized spacial score (nSPS) is 11.2. The maximum Gasteiger partial charge on any atom is 0.420 e. The zero-order valence-electron chi connectivity index (χ0n) is 16.3. The molecule has 2 heterocycles. The number of oxazole rings is 1. The second-order valence-electron chi connectivity index (χ2n) is 7.04. The Labute approximate surface area is 167 Å². The number of aromatic nitrogens is 3. The molecule has 29 heavy (non-hydrogen) atoms. The standard InChI is InChI=1S/C22H21N3O4/c1-3-4-5-20-23-19(24-29-20)13-25-17-11-10-16(12-18(17)28-22(25)27)21(26)15-8-6-14(2)7-9-15/h6-12H,3-5,13H2,1-2H3. The van der Waals surface area contributed by atoms with Gasteiger partial charge in [0.05, 0.1) is 12.1 Å². The molecular weight excluding hydrogens is 370 g/mol. The minimum Gasteiger partial charge on any atom is -0.408 e. The highest BCUT2D eigenvalue weighted by atomic mass is 16.5. The summed E-state index contributed by atoms with van der Waals surface area (Å²) in [5.41, 5.74) is 3.06. The van der Waals surface area contributed by atoms with Crippen LogP contribution in [-0.4, -0.2) is 20.5 Å². The van der Waals surface area contributed by atoms with Crippen LogP contribution in [0.2, 0.25) is 0 Å². The van der Waals surface area contributed by atoms with E-state index in [-0.39, 0.29) is 12.3 Å². The van der Waals surface area contributed by atoms with E-state index in [0.29, 0.717) is 33.9 Å². The third kappa shape index (κ3) is 3.89. The number of carbonyl (C=O) groups excluding carboxylic acids is 1. The Morgan fingerprint density at radius 3 is 2.62 bits per heavy atom. The number of hydrogen-bond acceptors (Lipinski definition) is 6. The summed E-state index contributed by atoms with van der Waals surface area (Å²) in [7, 11) is 0. The van der Waals surface area contributed by atoms with Crippen LogP contribution in [0.1, 0.15) is 53.0 Å². The van der Waals surface area contributed by atoms with Crippen LogP contribution < -0.4 is 5.76 Å². The Kier molecular flexibility index (Phi) is 5.12. The molecule has 0 spiro atoms. The Balaban J connectivity index is 1.61. The van der Waals surface area contributed by atoms with Gasteiger partial charge in [-0.25, -0.2) is 4.79 Å². The summed E-state index contributed by atoms with van der Waals surface area (Å²) in [5.74, 6) is 0.329. The fourth-order valence-corrected chi connectivity index (χ4v) is 3.15. The smallest absolute Gasteiger partial charge is 0.408 e. The minimum atomic E-state index is -0.528. The third-order valence-electron chi connectivity index (χ3n) is 4.80. The Morgan fingerprint density at radius 2 is 1.86 bits per heavy atom. The second kappa shape index (κ2) is 7.87. The van der Waals surface area contributed by atoms with Crippen molar-refractivity contribution in [3.8, 4) is 0 Å². The van der Waals surface area contributed by atoms with Crippen molar-refractivity contribution in [3.05, 3.63) is 81.4 Å². The van der Waals surface area contributed by atoms with Crippen molar-refractivity contribution in [3.63, 3.8) is 0 Å². The predicted molar refractivity (Wildman–Crippen MR) is 107 cm³/mol. The zero-order valence-corrected chi connectivity index (χ0v) is 16.3. The molecule has 0 fully saturated rings. The lowest BCUT2D eigenvalue weighted by Crippen LogP contribution is -2.15. The molecule has 4 aromatic rings. The highest BCUT2D eigenvalue weighted by Gasteiger charge is 2.16. The van der Waals surface area contributed by atoms with Gasteiger partial charge in [0.1, 0.15) is 0 Å². The van der Waals surface area contributed by atoms with E-state index < -0.39 is 5.76 Å². The van der Waals surface area contributed by atoms with Gasteiger partial charge in [0, 0.05) is 17.5 Å². The Bertz CT molecular complexity index is 1220. The molecule has 0 radical (unpaired) electrons. The van der Waals surface area contributed by atoms with E-state index in [1.54, 1.807) is 30.3 Å². The van der Waals surface area contributed by atoms with Crippen molar-refractivity contribution in [1.29, 1.82) is 0 Å². The third-order valence-corrected chi connectivity index (χ3v) is 4.80. The summed E-state index contributed by atoms with van der Waals surface area (Å²) < 4.78 is 12.0. The molecule has 0 saturated carbocycles. The number of rotatable bonds is 7. The molecule has 0 saturated heterocycles. The lowest BCUT2D eigenvalue weighted by atomic mass is 10.0. The lowest BCUT2D eigenvalue weighted by Gasteiger charge is -2.03. The molecule has 2 aromatic carbocycles. The molecule has 0 amide bonds. The number of ketones is 1. The van der Waals surface area contributed by atoms with Crippen molar-refractivity contribution < 1.29 is 13.7 Å². The molecule has 0 atom stereocenters. The van der Waals surface area contributed by atoms with Gasteiger partial charge >= 0.3 is 5.76 Å². The topological polar surface area (TPSA) is 91.1 Å². The van der Waals surface area contributed by atoms with E-state index in [1.165, 1.54) is 4.57 Å². The quantitative estimate of drug-likeness (QED) is 0.444. The van der Waals surface area contributed by atoms with Crippen molar-refractivity contribution >= 4 is 16.9 Å². The molecule has 0 aliphatic carbocycles. The molecule has 0 aliphatic heterocycles. The molecule has 0 bridgehead atoms. The molecular formula is C22H21N3O4. The monoisotopic (exact) mass is 391 g/mol. The highest BCUT2D eigenvalue weighted by molar-refractivity contribution is 6.10. The number of fused-ring (bicyclic) bond motifs is 1. The van der Waals surface area contributed by atoms with Crippen molar-refractivity contribution in [2.24, 2.45) is 0 Å². The Morgan fingerprint density at radius 1 is 1.10 bits per heavy atom. The first-order valence-corrected chi connectivity index (χ1v) is 9.61. The zero-order chi connectivity index (χ0) is 20.4. The fraction of sp³-hybridized carbons (Fsp3) is 0.273. The van der Waals surface area contributed by atoms with Gasteiger partial charge in [-0.3, -0.25) is 9.36 Å². The minimum absolute atomic E-state index is 0.124. The van der Waals surface area contributed by atoms with Crippen LogP contribution in [0, 0.1) is 6.92 Å². The summed E-state index contributed by atoms with van der Waals surface area (Å²) in [4.78, 5) is 29.4. The van der Waals surface area contributed by atoms with E-state index in [2.05, 4.69) is 17.1 Å². The van der Waals surface area contributed by atoms with Crippen LogP contribution in [-0.2, 0) is 13.0 Å². The van der Waals surface area contributed by atoms with Crippen LogP contribution >= 0.6 is 0 Å². The maximum absolute atomic E-state index is 12.7. The number of nitrogens with zero attached hydrogens (tertiary/aromatic N) is 3. The SMILES string of the molecule is CCCCc1nc(Cn2c(=O)oc3cc(C(=O)c4ccc(C)cc4)ccc32)no1. The molecule has 0 unspecified atom stereocenters. The van der Waals surface area contributed by atoms with Gasteiger partial charge in [-0.05, 0) is 31.5 Å². The molecule has 0 aliphatic rings. The predicted octanol–water partition coefficient (Wildman–Crippen LogP) is 3.91. The van der Waals surface area contributed by atoms with Gasteiger partial charge in [-0.2, -0.15) is 4.98 Å². The fourth-order valence-electron chi connectivity index (χ4n) is 3.15. The molecule has 7 nitrogen and oxygen atoms in total. The van der Waals surface area contributed by atoms with Crippen LogP contribution in [0.15, 0.2) is 56.2 Å². The number of carbonyl (C=O) groups is 1. The average Bonchev–Trinajstić information content (AvgIpc) is 3.30. The molecule has 4 rings (SSSR count). The first-order valence-electron chi connectivity index (χ1n) is 9.61. The highest BCUT2D eigenvalue weighted by Crippen LogP contribution is 2.19. The van der Waals surface area contributed by atoms with Gasteiger partial charge in [-0.15, -0.1) is 0 Å². The van der Waals surface area contributed by atoms with Gasteiger partial charge in [-0.1, -0.05) is 48.3 Å². The van der Waals surface area contributed by atoms with E-state index in [1.807, 2.05) is 19.1 Å². The summed E-state index contributed by atoms with van der Waals surface area (Å²) in [6.45, 7) is 4.20. The van der Waals surface area contributed by atoms with E-state index in [4.69, 9.17) is 8.94 Å². The number of unbranched alkanes of at least 4 members (excludes halogenated alkanes) is 1. The maximum atomic E-state index is 12.7. The Hall–Kier alpha value is -3.48. The second-order valence-corrected chi connectivity index (χ2v) is 7.04. The van der Waals surface area contributed by atoms with Gasteiger partial charge < -0.3 is 8.94 Å². The molecule has 0 N–H and O–H groups in total. The first-order chi connectivity index (χ1) is 14.0. The summed E-state index contributed by atoms with van der Waals surface area (Å²) >= 11 is 0. The molecule has 2 aromatic heterocycles. The van der Waals surface area contributed by atoms with E-state index in [9.17, 15) is 9.59 Å². The first kappa shape index (κ1) is 18.9. The number of aryl methyl sites for hydroxylation is 2. The van der Waals surface area contributed by atoms with Gasteiger partial charge in [0.15, 0.2) is 17.2 Å². The van der Waals surface area contributed by atoms with Crippen molar-refractivity contribution in [2.75, 3.05) is 0 Å². The van der Waals surface area contributed by atoms with Crippen LogP contribution in [0.5, 0.6) is 0 Å². The van der Waals surface area contributed by atoms with Crippen LogP contribution in [0.3, 0.4) is 0 Å². The average molecular weight is 391 g/mol. The van der Waals surface area contributed by atoms with Crippen molar-refractivity contribution in [1.82, 2.24) is 14.7 Å². The van der Waals surface area contributed by atoms with Gasteiger partial charge in [0.2, 0.25) is 5.89 Å². The molecule has 7 heteroatoms. The summed E-state index contributed by atoms with van der Waals surface area (Å²) in [6, 6.07) is 12.4. The number of hydrogen-bond donors (Lipinski definition) is 0. The lowest BCUT2D eigenvalue weighted by molar-refractivity contribution is 0.103. The number of benzene rings is 2. The summed E-state index contributed by atoms with van der Waals surface area (Å²) in [6.07, 6.45) is 2.72. The largest absolute Gasteiger partial charge is 0.420 e. The van der Waals surface area contributed by atoms with Gasteiger partial charge in [0.25, 0.3) is 0 Å². The van der Waals surface area contributed by atoms with E-state index >= 15 is 0 Å². The van der Waals surface area contributed by atoms with Crippen LogP contribution in [0.25, 0.3) is 11.1 Å². The van der Waals surface area contributed by atoms with E-state index in [0.717, 1.165) is 24.8 Å². The van der Waals surface area contributed by atoms with Crippen LogP contribution in [0.4, 0.5) is 0 Å². The summed E-state index contributed by atoms with van der Waals surface area (Å²) in [5, 5.41) is 3.94. The molecule has 148 valence electrons.